The highest BCUT2D eigenvalue weighted by atomic mass is 32.1. The van der Waals surface area contributed by atoms with Gasteiger partial charge in [0, 0.05) is 23.9 Å². The molecule has 1 unspecified atom stereocenters. The quantitative estimate of drug-likeness (QED) is 0.873. The average Bonchev–Trinajstić information content (AvgIpc) is 2.74. The first-order chi connectivity index (χ1) is 9.41. The summed E-state index contributed by atoms with van der Waals surface area (Å²) in [7, 11) is 4.25. The van der Waals surface area contributed by atoms with E-state index in [1.54, 1.807) is 0 Å². The molecule has 2 rings (SSSR count). The molecule has 114 valence electrons. The number of rotatable bonds is 6. The van der Waals surface area contributed by atoms with Crippen LogP contribution in [-0.2, 0) is 12.8 Å². The van der Waals surface area contributed by atoms with E-state index in [2.05, 4.69) is 45.1 Å². The molecule has 1 aromatic rings. The maximum atomic E-state index is 4.93. The fraction of sp³-hybridized carbons (Fsp3) is 0.812. The first-order valence-electron chi connectivity index (χ1n) is 7.78. The van der Waals surface area contributed by atoms with Gasteiger partial charge in [-0.05, 0) is 45.3 Å². The van der Waals surface area contributed by atoms with E-state index in [9.17, 15) is 0 Å². The molecular formula is C16H29N3S. The second-order valence-electron chi connectivity index (χ2n) is 7.02. The number of nitrogens with zero attached hydrogens (tertiary/aromatic N) is 2. The minimum atomic E-state index is 0.366. The van der Waals surface area contributed by atoms with E-state index in [1.165, 1.54) is 28.4 Å². The molecule has 0 aromatic carbocycles. The second-order valence-corrected chi connectivity index (χ2v) is 8.14. The summed E-state index contributed by atoms with van der Waals surface area (Å²) in [5.41, 5.74) is 1.72. The van der Waals surface area contributed by atoms with Crippen molar-refractivity contribution in [1.29, 1.82) is 0 Å². The molecule has 0 amide bonds. The highest BCUT2D eigenvalue weighted by molar-refractivity contribution is 7.11. The molecule has 0 saturated carbocycles. The van der Waals surface area contributed by atoms with Gasteiger partial charge in [0.1, 0.15) is 0 Å². The Bertz CT molecular complexity index is 437. The average molecular weight is 295 g/mol. The number of nitrogens with one attached hydrogen (secondary N) is 1. The topological polar surface area (TPSA) is 28.2 Å². The SMILES string of the molecule is CCCNC1CC(C)(C)Cc2nc(CCN(C)C)sc21. The van der Waals surface area contributed by atoms with E-state index in [0.717, 1.165) is 25.9 Å². The first-order valence-corrected chi connectivity index (χ1v) is 8.59. The van der Waals surface area contributed by atoms with Crippen LogP contribution in [0.1, 0.15) is 55.2 Å². The predicted octanol–water partition coefficient (Wildman–Crippen LogP) is 3.26. The first kappa shape index (κ1) is 15.9. The van der Waals surface area contributed by atoms with Gasteiger partial charge in [0.15, 0.2) is 0 Å². The van der Waals surface area contributed by atoms with Crippen LogP contribution in [0.4, 0.5) is 0 Å². The third-order valence-corrected chi connectivity index (χ3v) is 5.18. The van der Waals surface area contributed by atoms with E-state index in [0.29, 0.717) is 11.5 Å². The van der Waals surface area contributed by atoms with Crippen molar-refractivity contribution in [3.05, 3.63) is 15.6 Å². The number of hydrogen-bond acceptors (Lipinski definition) is 4. The van der Waals surface area contributed by atoms with Crippen molar-refractivity contribution in [3.8, 4) is 0 Å². The van der Waals surface area contributed by atoms with E-state index in [1.807, 2.05) is 11.3 Å². The predicted molar refractivity (Wildman–Crippen MR) is 87.5 cm³/mol. The Kier molecular flexibility index (Phi) is 5.21. The van der Waals surface area contributed by atoms with Crippen LogP contribution in [0.2, 0.25) is 0 Å². The maximum absolute atomic E-state index is 4.93. The Balaban J connectivity index is 2.15. The molecule has 20 heavy (non-hydrogen) atoms. The van der Waals surface area contributed by atoms with E-state index < -0.39 is 0 Å². The highest BCUT2D eigenvalue weighted by Crippen LogP contribution is 2.43. The molecule has 1 aromatic heterocycles. The van der Waals surface area contributed by atoms with Crippen molar-refractivity contribution in [2.75, 3.05) is 27.2 Å². The second kappa shape index (κ2) is 6.54. The monoisotopic (exact) mass is 295 g/mol. The van der Waals surface area contributed by atoms with Crippen molar-refractivity contribution in [3.63, 3.8) is 0 Å². The minimum Gasteiger partial charge on any atom is -0.309 e. The van der Waals surface area contributed by atoms with E-state index in [4.69, 9.17) is 4.98 Å². The third kappa shape index (κ3) is 4.03. The zero-order valence-corrected chi connectivity index (χ0v) is 14.4. The van der Waals surface area contributed by atoms with Crippen molar-refractivity contribution >= 4 is 11.3 Å². The highest BCUT2D eigenvalue weighted by Gasteiger charge is 2.34. The van der Waals surface area contributed by atoms with Gasteiger partial charge in [0.05, 0.1) is 10.7 Å². The summed E-state index contributed by atoms with van der Waals surface area (Å²) in [6.07, 6.45) is 4.63. The summed E-state index contributed by atoms with van der Waals surface area (Å²) in [6.45, 7) is 9.16. The number of fused-ring (bicyclic) bond motifs is 1. The molecule has 1 aliphatic rings. The number of hydrogen-bond donors (Lipinski definition) is 1. The van der Waals surface area contributed by atoms with Gasteiger partial charge in [0.2, 0.25) is 0 Å². The molecule has 1 heterocycles. The van der Waals surface area contributed by atoms with Crippen molar-refractivity contribution in [2.45, 2.75) is 52.5 Å². The zero-order chi connectivity index (χ0) is 14.8. The molecule has 1 N–H and O–H groups in total. The molecular weight excluding hydrogens is 266 g/mol. The van der Waals surface area contributed by atoms with Crippen molar-refractivity contribution in [1.82, 2.24) is 15.2 Å². The summed E-state index contributed by atoms with van der Waals surface area (Å²) < 4.78 is 0. The molecule has 1 aliphatic carbocycles. The summed E-state index contributed by atoms with van der Waals surface area (Å²) >= 11 is 1.94. The summed E-state index contributed by atoms with van der Waals surface area (Å²) in [5, 5.41) is 5.03. The van der Waals surface area contributed by atoms with E-state index >= 15 is 0 Å². The van der Waals surface area contributed by atoms with Crippen LogP contribution in [0.5, 0.6) is 0 Å². The van der Waals surface area contributed by atoms with Crippen molar-refractivity contribution in [2.24, 2.45) is 5.41 Å². The molecule has 0 spiro atoms. The molecule has 0 aliphatic heterocycles. The molecule has 3 nitrogen and oxygen atoms in total. The van der Waals surface area contributed by atoms with Crippen LogP contribution < -0.4 is 5.32 Å². The fourth-order valence-corrected chi connectivity index (χ4v) is 4.04. The van der Waals surface area contributed by atoms with Crippen LogP contribution >= 0.6 is 11.3 Å². The molecule has 0 bridgehead atoms. The molecule has 0 radical (unpaired) electrons. The van der Waals surface area contributed by atoms with Gasteiger partial charge in [0.25, 0.3) is 0 Å². The van der Waals surface area contributed by atoms with Gasteiger partial charge in [-0.3, -0.25) is 0 Å². The van der Waals surface area contributed by atoms with Crippen LogP contribution in [0, 0.1) is 5.41 Å². The molecule has 0 saturated heterocycles. The smallest absolute Gasteiger partial charge is 0.0944 e. The van der Waals surface area contributed by atoms with Crippen LogP contribution in [0.15, 0.2) is 0 Å². The summed E-state index contributed by atoms with van der Waals surface area (Å²) in [5.74, 6) is 0. The largest absolute Gasteiger partial charge is 0.309 e. The Morgan fingerprint density at radius 3 is 2.80 bits per heavy atom. The van der Waals surface area contributed by atoms with Crippen molar-refractivity contribution < 1.29 is 0 Å². The summed E-state index contributed by atoms with van der Waals surface area (Å²) in [6, 6.07) is 0.513. The standard InChI is InChI=1S/C16H29N3S/c1-6-8-17-12-10-16(2,3)11-13-15(12)20-14(18-13)7-9-19(4)5/h12,17H,6-11H2,1-5H3. The Morgan fingerprint density at radius 2 is 2.15 bits per heavy atom. The van der Waals surface area contributed by atoms with E-state index in [-0.39, 0.29) is 0 Å². The maximum Gasteiger partial charge on any atom is 0.0944 e. The van der Waals surface area contributed by atoms with Gasteiger partial charge in [-0.1, -0.05) is 20.8 Å². The summed E-state index contributed by atoms with van der Waals surface area (Å²) in [4.78, 5) is 8.67. The molecule has 0 fully saturated rings. The number of aromatic nitrogens is 1. The molecule has 1 atom stereocenters. The Hall–Kier alpha value is -0.450. The van der Waals surface area contributed by atoms with Gasteiger partial charge in [-0.25, -0.2) is 4.98 Å². The van der Waals surface area contributed by atoms with Gasteiger partial charge >= 0.3 is 0 Å². The third-order valence-electron chi connectivity index (χ3n) is 3.90. The fourth-order valence-electron chi connectivity index (χ4n) is 2.89. The lowest BCUT2D eigenvalue weighted by Gasteiger charge is -2.34. The lowest BCUT2D eigenvalue weighted by molar-refractivity contribution is 0.258. The lowest BCUT2D eigenvalue weighted by atomic mass is 9.76. The Labute approximate surface area is 127 Å². The number of thiazole rings is 1. The Morgan fingerprint density at radius 1 is 1.40 bits per heavy atom. The normalized spacial score (nSPS) is 21.2. The van der Waals surface area contributed by atoms with Gasteiger partial charge < -0.3 is 10.2 Å². The number of likely N-dealkylation sites (N-methyl/N-ethyl adjacent to an activating group) is 1. The van der Waals surface area contributed by atoms with Gasteiger partial charge in [-0.2, -0.15) is 0 Å². The zero-order valence-electron chi connectivity index (χ0n) is 13.6. The van der Waals surface area contributed by atoms with Gasteiger partial charge in [-0.15, -0.1) is 11.3 Å². The lowest BCUT2D eigenvalue weighted by Crippen LogP contribution is -2.33. The molecule has 4 heteroatoms. The van der Waals surface area contributed by atoms with Crippen LogP contribution in [0.25, 0.3) is 0 Å². The van der Waals surface area contributed by atoms with Crippen LogP contribution in [-0.4, -0.2) is 37.1 Å². The van der Waals surface area contributed by atoms with Crippen LogP contribution in [0.3, 0.4) is 0 Å². The minimum absolute atomic E-state index is 0.366.